The molecule has 2 rings (SSSR count). The Bertz CT molecular complexity index is 454. The lowest BCUT2D eigenvalue weighted by Crippen LogP contribution is -2.39. The van der Waals surface area contributed by atoms with Crippen molar-refractivity contribution in [1.29, 1.82) is 0 Å². The molecule has 2 aliphatic rings. The summed E-state index contributed by atoms with van der Waals surface area (Å²) in [5, 5.41) is 0. The van der Waals surface area contributed by atoms with Crippen LogP contribution in [-0.2, 0) is 19.0 Å². The topological polar surface area (TPSA) is 55.8 Å². The lowest BCUT2D eigenvalue weighted by Gasteiger charge is -2.30. The van der Waals surface area contributed by atoms with E-state index in [4.69, 9.17) is 4.74 Å². The summed E-state index contributed by atoms with van der Waals surface area (Å²) in [6.45, 7) is 2.12. The molecule has 110 valence electrons. The second kappa shape index (κ2) is 5.29. The zero-order chi connectivity index (χ0) is 14.1. The van der Waals surface area contributed by atoms with Crippen molar-refractivity contribution < 1.29 is 30.5 Å². The molecule has 5 nitrogen and oxygen atoms in total. The Kier molecular flexibility index (Phi) is 4.07. The fourth-order valence-electron chi connectivity index (χ4n) is 2.07. The molecule has 1 atom stereocenters. The van der Waals surface area contributed by atoms with Crippen molar-refractivity contribution in [1.82, 2.24) is 4.90 Å². The maximum absolute atomic E-state index is 12.1. The number of alkyl halides is 3. The number of hydrogen-bond donors (Lipinski definition) is 0. The number of rotatable bonds is 3. The van der Waals surface area contributed by atoms with Crippen molar-refractivity contribution in [2.75, 3.05) is 26.3 Å². The van der Waals surface area contributed by atoms with Gasteiger partial charge in [0.2, 0.25) is 0 Å². The Morgan fingerprint density at radius 3 is 2.63 bits per heavy atom. The molecule has 0 amide bonds. The minimum absolute atomic E-state index is 0.145. The van der Waals surface area contributed by atoms with Gasteiger partial charge in [0.05, 0.1) is 6.61 Å². The number of halogens is 3. The van der Waals surface area contributed by atoms with Crippen LogP contribution in [0.5, 0.6) is 0 Å². The SMILES string of the molecule is O=S(=O)(OC1=CCN(C2CCOC2)CC1)C(F)(F)F. The third kappa shape index (κ3) is 3.40. The molecule has 2 heterocycles. The maximum Gasteiger partial charge on any atom is 0.534 e. The molecule has 0 aromatic carbocycles. The second-order valence-electron chi connectivity index (χ2n) is 4.42. The number of nitrogens with zero attached hydrogens (tertiary/aromatic N) is 1. The standard InChI is InChI=1S/C10H14F3NO4S/c11-10(12,13)19(15,16)18-9-1-4-14(5-2-9)8-3-6-17-7-8/h1,8H,2-7H2. The van der Waals surface area contributed by atoms with Crippen molar-refractivity contribution in [3.63, 3.8) is 0 Å². The first kappa shape index (κ1) is 14.6. The average molecular weight is 301 g/mol. The van der Waals surface area contributed by atoms with E-state index in [0.29, 0.717) is 26.3 Å². The van der Waals surface area contributed by atoms with E-state index in [1.807, 2.05) is 4.90 Å². The van der Waals surface area contributed by atoms with Gasteiger partial charge in [0.25, 0.3) is 0 Å². The van der Waals surface area contributed by atoms with Gasteiger partial charge in [0, 0.05) is 32.2 Å². The normalized spacial score (nSPS) is 26.3. The second-order valence-corrected chi connectivity index (χ2v) is 5.95. The predicted molar refractivity (Wildman–Crippen MR) is 59.6 cm³/mol. The molecule has 1 fully saturated rings. The predicted octanol–water partition coefficient (Wildman–Crippen LogP) is 1.23. The van der Waals surface area contributed by atoms with Gasteiger partial charge in [-0.25, -0.2) is 0 Å². The largest absolute Gasteiger partial charge is 0.534 e. The highest BCUT2D eigenvalue weighted by Gasteiger charge is 2.49. The maximum atomic E-state index is 12.1. The van der Waals surface area contributed by atoms with E-state index in [-0.39, 0.29) is 18.2 Å². The van der Waals surface area contributed by atoms with Crippen molar-refractivity contribution in [2.24, 2.45) is 0 Å². The minimum atomic E-state index is -5.55. The average Bonchev–Trinajstić information content (AvgIpc) is 2.81. The fraction of sp³-hybridized carbons (Fsp3) is 0.800. The lowest BCUT2D eigenvalue weighted by molar-refractivity contribution is -0.0525. The number of ether oxygens (including phenoxy) is 1. The van der Waals surface area contributed by atoms with Crippen LogP contribution in [0.4, 0.5) is 13.2 Å². The quantitative estimate of drug-likeness (QED) is 0.580. The van der Waals surface area contributed by atoms with Crippen LogP contribution in [0, 0.1) is 0 Å². The Morgan fingerprint density at radius 1 is 1.42 bits per heavy atom. The van der Waals surface area contributed by atoms with E-state index in [1.165, 1.54) is 6.08 Å². The number of hydrogen-bond acceptors (Lipinski definition) is 5. The molecule has 1 unspecified atom stereocenters. The van der Waals surface area contributed by atoms with Gasteiger partial charge in [-0.1, -0.05) is 0 Å². The van der Waals surface area contributed by atoms with Crippen LogP contribution in [0.3, 0.4) is 0 Å². The van der Waals surface area contributed by atoms with Gasteiger partial charge in [-0.05, 0) is 12.5 Å². The van der Waals surface area contributed by atoms with E-state index in [2.05, 4.69) is 4.18 Å². The van der Waals surface area contributed by atoms with Gasteiger partial charge in [0.1, 0.15) is 5.76 Å². The monoisotopic (exact) mass is 301 g/mol. The first-order valence-electron chi connectivity index (χ1n) is 5.81. The van der Waals surface area contributed by atoms with Gasteiger partial charge in [0.15, 0.2) is 0 Å². The molecule has 9 heteroatoms. The summed E-state index contributed by atoms with van der Waals surface area (Å²) in [4.78, 5) is 2.04. The van der Waals surface area contributed by atoms with Gasteiger partial charge < -0.3 is 8.92 Å². The first-order valence-corrected chi connectivity index (χ1v) is 7.22. The molecule has 0 bridgehead atoms. The highest BCUT2D eigenvalue weighted by molar-refractivity contribution is 7.87. The van der Waals surface area contributed by atoms with Crippen LogP contribution in [0.1, 0.15) is 12.8 Å². The lowest BCUT2D eigenvalue weighted by atomic mass is 10.1. The molecule has 0 aliphatic carbocycles. The van der Waals surface area contributed by atoms with Gasteiger partial charge in [-0.3, -0.25) is 4.90 Å². The highest BCUT2D eigenvalue weighted by atomic mass is 32.2. The molecule has 0 saturated carbocycles. The fourth-order valence-corrected chi connectivity index (χ4v) is 2.60. The van der Waals surface area contributed by atoms with E-state index < -0.39 is 15.6 Å². The minimum Gasteiger partial charge on any atom is -0.381 e. The van der Waals surface area contributed by atoms with Gasteiger partial charge in [-0.15, -0.1) is 0 Å². The summed E-state index contributed by atoms with van der Waals surface area (Å²) in [7, 11) is -5.55. The van der Waals surface area contributed by atoms with Crippen LogP contribution >= 0.6 is 0 Å². The van der Waals surface area contributed by atoms with Crippen LogP contribution in [0.15, 0.2) is 11.8 Å². The summed E-state index contributed by atoms with van der Waals surface area (Å²) in [6, 6.07) is 0.247. The van der Waals surface area contributed by atoms with Crippen LogP contribution < -0.4 is 0 Å². The summed E-state index contributed by atoms with van der Waals surface area (Å²) >= 11 is 0. The van der Waals surface area contributed by atoms with Gasteiger partial charge in [-0.2, -0.15) is 21.6 Å². The molecular weight excluding hydrogens is 287 g/mol. The smallest absolute Gasteiger partial charge is 0.381 e. The Morgan fingerprint density at radius 2 is 2.16 bits per heavy atom. The molecule has 1 saturated heterocycles. The zero-order valence-corrected chi connectivity index (χ0v) is 10.8. The first-order chi connectivity index (χ1) is 8.79. The summed E-state index contributed by atoms with van der Waals surface area (Å²) < 4.78 is 67.4. The van der Waals surface area contributed by atoms with Crippen molar-refractivity contribution >= 4 is 10.1 Å². The Hall–Kier alpha value is -0.800. The van der Waals surface area contributed by atoms with E-state index in [0.717, 1.165) is 6.42 Å². The molecule has 2 aliphatic heterocycles. The molecule has 0 radical (unpaired) electrons. The molecular formula is C10H14F3NO4S. The zero-order valence-electron chi connectivity index (χ0n) is 10.0. The van der Waals surface area contributed by atoms with Crippen LogP contribution in [0.2, 0.25) is 0 Å². The van der Waals surface area contributed by atoms with Crippen molar-refractivity contribution in [3.05, 3.63) is 11.8 Å². The Labute approximate surface area is 109 Å². The van der Waals surface area contributed by atoms with E-state index in [1.54, 1.807) is 0 Å². The van der Waals surface area contributed by atoms with Crippen molar-refractivity contribution in [3.8, 4) is 0 Å². The van der Waals surface area contributed by atoms with E-state index >= 15 is 0 Å². The summed E-state index contributed by atoms with van der Waals surface area (Å²) in [6.07, 6.45) is 2.40. The van der Waals surface area contributed by atoms with Gasteiger partial charge >= 0.3 is 15.6 Å². The summed E-state index contributed by atoms with van der Waals surface area (Å²) in [5.41, 5.74) is -5.38. The molecule has 0 aromatic rings. The molecule has 0 N–H and O–H groups in total. The highest BCUT2D eigenvalue weighted by Crippen LogP contribution is 2.28. The third-order valence-electron chi connectivity index (χ3n) is 3.12. The van der Waals surface area contributed by atoms with Crippen molar-refractivity contribution in [2.45, 2.75) is 24.4 Å². The molecule has 0 spiro atoms. The summed E-state index contributed by atoms with van der Waals surface area (Å²) in [5.74, 6) is -0.146. The van der Waals surface area contributed by atoms with Crippen LogP contribution in [-0.4, -0.2) is 51.2 Å². The third-order valence-corrected chi connectivity index (χ3v) is 4.12. The molecule has 19 heavy (non-hydrogen) atoms. The van der Waals surface area contributed by atoms with E-state index in [9.17, 15) is 21.6 Å². The Balaban J connectivity index is 1.94. The molecule has 0 aromatic heterocycles. The van der Waals surface area contributed by atoms with Crippen LogP contribution in [0.25, 0.3) is 0 Å².